The van der Waals surface area contributed by atoms with E-state index >= 15 is 0 Å². The molecule has 1 amide bonds. The number of amides is 1. The van der Waals surface area contributed by atoms with Gasteiger partial charge in [0.15, 0.2) is 0 Å². The number of nitrogens with zero attached hydrogens (tertiary/aromatic N) is 3. The van der Waals surface area contributed by atoms with E-state index in [9.17, 15) is 4.79 Å². The summed E-state index contributed by atoms with van der Waals surface area (Å²) in [4.78, 5) is 15.2. The third-order valence-corrected chi connectivity index (χ3v) is 2.96. The molecule has 0 unspecified atom stereocenters. The lowest BCUT2D eigenvalue weighted by Gasteiger charge is -2.24. The van der Waals surface area contributed by atoms with Crippen molar-refractivity contribution in [2.45, 2.75) is 6.92 Å². The first kappa shape index (κ1) is 14.3. The van der Waals surface area contributed by atoms with Gasteiger partial charge in [0.25, 0.3) is 0 Å². The zero-order valence-electron chi connectivity index (χ0n) is 10.8. The number of carbonyl (C=O) groups excluding carboxylic acids is 1. The lowest BCUT2D eigenvalue weighted by Crippen LogP contribution is -2.36. The highest BCUT2D eigenvalue weighted by Crippen LogP contribution is 2.23. The summed E-state index contributed by atoms with van der Waals surface area (Å²) in [6.07, 6.45) is 0. The molecular weight excluding hydrogens is 250 g/mol. The van der Waals surface area contributed by atoms with Gasteiger partial charge in [-0.1, -0.05) is 11.6 Å². The van der Waals surface area contributed by atoms with Crippen LogP contribution in [0.5, 0.6) is 0 Å². The topological polar surface area (TPSA) is 47.3 Å². The third kappa shape index (κ3) is 3.38. The Morgan fingerprint density at radius 2 is 2.11 bits per heavy atom. The molecule has 18 heavy (non-hydrogen) atoms. The average molecular weight is 266 g/mol. The Balaban J connectivity index is 2.93. The van der Waals surface area contributed by atoms with Crippen molar-refractivity contribution in [3.8, 4) is 6.07 Å². The lowest BCUT2D eigenvalue weighted by atomic mass is 10.2. The van der Waals surface area contributed by atoms with E-state index in [4.69, 9.17) is 16.9 Å². The fourth-order valence-electron chi connectivity index (χ4n) is 1.48. The summed E-state index contributed by atoms with van der Waals surface area (Å²) < 4.78 is 0. The molecule has 0 spiro atoms. The van der Waals surface area contributed by atoms with Crippen LogP contribution >= 0.6 is 11.6 Å². The predicted molar refractivity (Wildman–Crippen MR) is 72.7 cm³/mol. The van der Waals surface area contributed by atoms with E-state index < -0.39 is 0 Å². The zero-order chi connectivity index (χ0) is 13.7. The fraction of sp³-hybridized carbons (Fsp3) is 0.385. The maximum absolute atomic E-state index is 11.7. The lowest BCUT2D eigenvalue weighted by molar-refractivity contribution is -0.127. The number of hydrogen-bond acceptors (Lipinski definition) is 3. The molecule has 0 aromatic heterocycles. The van der Waals surface area contributed by atoms with Crippen LogP contribution in [-0.2, 0) is 4.79 Å². The van der Waals surface area contributed by atoms with Gasteiger partial charge in [-0.3, -0.25) is 4.79 Å². The SMILES string of the molecule is CCN(CC(=O)N(C)C)c1ccc(C#N)c(Cl)c1. The van der Waals surface area contributed by atoms with Crippen molar-refractivity contribution in [3.05, 3.63) is 28.8 Å². The van der Waals surface area contributed by atoms with Crippen molar-refractivity contribution in [2.75, 3.05) is 32.1 Å². The highest BCUT2D eigenvalue weighted by molar-refractivity contribution is 6.32. The summed E-state index contributed by atoms with van der Waals surface area (Å²) >= 11 is 5.99. The Morgan fingerprint density at radius 1 is 1.44 bits per heavy atom. The molecule has 1 aromatic carbocycles. The second-order valence-corrected chi connectivity index (χ2v) is 4.49. The van der Waals surface area contributed by atoms with Gasteiger partial charge in [0.2, 0.25) is 5.91 Å². The van der Waals surface area contributed by atoms with Crippen molar-refractivity contribution in [1.29, 1.82) is 5.26 Å². The molecular formula is C13H16ClN3O. The first-order valence-electron chi connectivity index (χ1n) is 5.64. The molecule has 0 bridgehead atoms. The Bertz CT molecular complexity index is 480. The number of benzene rings is 1. The van der Waals surface area contributed by atoms with E-state index in [-0.39, 0.29) is 5.91 Å². The largest absolute Gasteiger partial charge is 0.362 e. The molecule has 0 radical (unpaired) electrons. The first-order valence-corrected chi connectivity index (χ1v) is 6.02. The van der Waals surface area contributed by atoms with Gasteiger partial charge in [-0.05, 0) is 25.1 Å². The number of carbonyl (C=O) groups is 1. The second kappa shape index (κ2) is 6.27. The number of hydrogen-bond donors (Lipinski definition) is 0. The number of rotatable bonds is 4. The molecule has 0 aliphatic rings. The highest BCUT2D eigenvalue weighted by atomic mass is 35.5. The molecule has 0 saturated heterocycles. The van der Waals surface area contributed by atoms with E-state index in [0.29, 0.717) is 23.7 Å². The third-order valence-electron chi connectivity index (χ3n) is 2.64. The predicted octanol–water partition coefficient (Wildman–Crippen LogP) is 2.13. The van der Waals surface area contributed by atoms with Crippen LogP contribution in [0.15, 0.2) is 18.2 Å². The van der Waals surface area contributed by atoms with Gasteiger partial charge in [-0.2, -0.15) is 5.26 Å². The summed E-state index contributed by atoms with van der Waals surface area (Å²) in [7, 11) is 3.45. The van der Waals surface area contributed by atoms with Crippen LogP contribution < -0.4 is 4.90 Å². The number of halogens is 1. The van der Waals surface area contributed by atoms with Gasteiger partial charge in [0.05, 0.1) is 17.1 Å². The molecule has 96 valence electrons. The Morgan fingerprint density at radius 3 is 2.56 bits per heavy atom. The Labute approximate surface area is 112 Å². The van der Waals surface area contributed by atoms with Crippen LogP contribution in [-0.4, -0.2) is 38.0 Å². The van der Waals surface area contributed by atoms with Crippen LogP contribution in [0.25, 0.3) is 0 Å². The maximum atomic E-state index is 11.7. The molecule has 0 fully saturated rings. The van der Waals surface area contributed by atoms with Gasteiger partial charge in [-0.15, -0.1) is 0 Å². The van der Waals surface area contributed by atoms with Gasteiger partial charge in [0.1, 0.15) is 6.07 Å². The van der Waals surface area contributed by atoms with Crippen molar-refractivity contribution < 1.29 is 4.79 Å². The van der Waals surface area contributed by atoms with Crippen LogP contribution in [0.1, 0.15) is 12.5 Å². The zero-order valence-corrected chi connectivity index (χ0v) is 11.5. The standard InChI is InChI=1S/C13H16ClN3O/c1-4-17(9-13(18)16(2)3)11-6-5-10(8-15)12(14)7-11/h5-7H,4,9H2,1-3H3. The van der Waals surface area contributed by atoms with Crippen LogP contribution in [0.3, 0.4) is 0 Å². The normalized spacial score (nSPS) is 9.72. The van der Waals surface area contributed by atoms with Gasteiger partial charge < -0.3 is 9.80 Å². The first-order chi connectivity index (χ1) is 8.49. The molecule has 0 aliphatic heterocycles. The van der Waals surface area contributed by atoms with Gasteiger partial charge >= 0.3 is 0 Å². The quantitative estimate of drug-likeness (QED) is 0.838. The Kier molecular flexibility index (Phi) is 4.99. The molecule has 0 atom stereocenters. The fourth-order valence-corrected chi connectivity index (χ4v) is 1.70. The summed E-state index contributed by atoms with van der Waals surface area (Å²) in [5.41, 5.74) is 1.28. The van der Waals surface area contributed by atoms with Crippen LogP contribution in [0.4, 0.5) is 5.69 Å². The molecule has 1 rings (SSSR count). The summed E-state index contributed by atoms with van der Waals surface area (Å²) in [5.74, 6) is 0.0253. The van der Waals surface area contributed by atoms with Gasteiger partial charge in [-0.25, -0.2) is 0 Å². The summed E-state index contributed by atoms with van der Waals surface area (Å²) in [5, 5.41) is 9.22. The van der Waals surface area contributed by atoms with Crippen molar-refractivity contribution >= 4 is 23.2 Å². The molecule has 5 heteroatoms. The van der Waals surface area contributed by atoms with Crippen molar-refractivity contribution in [2.24, 2.45) is 0 Å². The van der Waals surface area contributed by atoms with Crippen LogP contribution in [0, 0.1) is 11.3 Å². The minimum absolute atomic E-state index is 0.0253. The highest BCUT2D eigenvalue weighted by Gasteiger charge is 2.12. The van der Waals surface area contributed by atoms with E-state index in [1.54, 1.807) is 37.2 Å². The van der Waals surface area contributed by atoms with Crippen LogP contribution in [0.2, 0.25) is 5.02 Å². The maximum Gasteiger partial charge on any atom is 0.241 e. The molecule has 0 N–H and O–H groups in total. The average Bonchev–Trinajstić information content (AvgIpc) is 2.35. The number of nitriles is 1. The summed E-state index contributed by atoms with van der Waals surface area (Å²) in [6.45, 7) is 2.96. The Hall–Kier alpha value is -1.73. The van der Waals surface area contributed by atoms with Crippen molar-refractivity contribution in [1.82, 2.24) is 4.90 Å². The molecule has 4 nitrogen and oxygen atoms in total. The monoisotopic (exact) mass is 265 g/mol. The number of likely N-dealkylation sites (N-methyl/N-ethyl adjacent to an activating group) is 2. The second-order valence-electron chi connectivity index (χ2n) is 4.08. The van der Waals surface area contributed by atoms with E-state index in [0.717, 1.165) is 5.69 Å². The molecule has 0 heterocycles. The molecule has 1 aromatic rings. The molecule has 0 aliphatic carbocycles. The van der Waals surface area contributed by atoms with Crippen molar-refractivity contribution in [3.63, 3.8) is 0 Å². The minimum atomic E-state index is 0.0253. The summed E-state index contributed by atoms with van der Waals surface area (Å²) in [6, 6.07) is 7.20. The van der Waals surface area contributed by atoms with E-state index in [1.807, 2.05) is 17.9 Å². The minimum Gasteiger partial charge on any atom is -0.362 e. The van der Waals surface area contributed by atoms with Gasteiger partial charge in [0, 0.05) is 26.3 Å². The van der Waals surface area contributed by atoms with E-state index in [1.165, 1.54) is 0 Å². The van der Waals surface area contributed by atoms with E-state index in [2.05, 4.69) is 0 Å². The number of anilines is 1. The smallest absolute Gasteiger partial charge is 0.241 e. The molecule has 0 saturated carbocycles.